The normalized spacial score (nSPS) is 12.6. The lowest BCUT2D eigenvalue weighted by molar-refractivity contribution is -0.385. The van der Waals surface area contributed by atoms with Crippen LogP contribution in [0.1, 0.15) is 15.9 Å². The van der Waals surface area contributed by atoms with Crippen LogP contribution in [0.4, 0.5) is 5.69 Å². The summed E-state index contributed by atoms with van der Waals surface area (Å²) in [5.41, 5.74) is 0.512. The number of hydrogen-bond acceptors (Lipinski definition) is 5. The monoisotopic (exact) mass is 362 g/mol. The van der Waals surface area contributed by atoms with Crippen LogP contribution in [0.3, 0.4) is 0 Å². The number of benzene rings is 2. The summed E-state index contributed by atoms with van der Waals surface area (Å²) in [6.07, 6.45) is 0. The van der Waals surface area contributed by atoms with E-state index >= 15 is 0 Å². The van der Waals surface area contributed by atoms with Crippen molar-refractivity contribution in [1.29, 1.82) is 0 Å². The molecule has 0 N–H and O–H groups in total. The van der Waals surface area contributed by atoms with Crippen LogP contribution in [-0.4, -0.2) is 36.0 Å². The minimum absolute atomic E-state index is 0.00515. The number of rotatable bonds is 4. The molecule has 1 aliphatic rings. The van der Waals surface area contributed by atoms with Crippen molar-refractivity contribution in [2.24, 2.45) is 0 Å². The fraction of sp³-hybridized carbons (Fsp3) is 0.235. The van der Waals surface area contributed by atoms with E-state index in [0.29, 0.717) is 24.7 Å². The van der Waals surface area contributed by atoms with Gasteiger partial charge in [0.1, 0.15) is 18.8 Å². The average Bonchev–Trinajstić information content (AvgIpc) is 2.60. The summed E-state index contributed by atoms with van der Waals surface area (Å²) in [6, 6.07) is 9.41. The molecule has 0 bridgehead atoms. The van der Waals surface area contributed by atoms with Crippen molar-refractivity contribution >= 4 is 23.2 Å². The van der Waals surface area contributed by atoms with Crippen LogP contribution in [0, 0.1) is 10.1 Å². The maximum atomic E-state index is 12.6. The minimum atomic E-state index is -0.614. The van der Waals surface area contributed by atoms with Gasteiger partial charge in [-0.3, -0.25) is 14.9 Å². The van der Waals surface area contributed by atoms with Gasteiger partial charge in [0.2, 0.25) is 0 Å². The van der Waals surface area contributed by atoms with Crippen molar-refractivity contribution < 1.29 is 19.2 Å². The first-order valence-corrected chi connectivity index (χ1v) is 7.91. The molecule has 1 heterocycles. The Hall–Kier alpha value is -2.80. The van der Waals surface area contributed by atoms with Crippen LogP contribution in [0.15, 0.2) is 36.4 Å². The highest BCUT2D eigenvalue weighted by atomic mass is 35.5. The molecule has 0 saturated carbocycles. The average molecular weight is 363 g/mol. The molecule has 8 heteroatoms. The van der Waals surface area contributed by atoms with E-state index in [1.54, 1.807) is 19.2 Å². The number of nitro benzene ring substituents is 1. The zero-order valence-electron chi connectivity index (χ0n) is 13.4. The number of hydrogen-bond donors (Lipinski definition) is 0. The van der Waals surface area contributed by atoms with E-state index in [2.05, 4.69) is 0 Å². The standard InChI is InChI=1S/C17H15ClN2O5/c1-19(10-11-2-5-15-16(8-11)25-7-6-24-15)17(21)13-4-3-12(18)9-14(13)20(22)23/h2-5,8-9H,6-7,10H2,1H3. The Balaban J connectivity index is 1.81. The molecular formula is C17H15ClN2O5. The van der Waals surface area contributed by atoms with Gasteiger partial charge in [-0.05, 0) is 29.8 Å². The SMILES string of the molecule is CN(Cc1ccc2c(c1)OCCO2)C(=O)c1ccc(Cl)cc1[N+](=O)[O-]. The lowest BCUT2D eigenvalue weighted by Crippen LogP contribution is -2.27. The van der Waals surface area contributed by atoms with E-state index in [0.717, 1.165) is 5.56 Å². The van der Waals surface area contributed by atoms with Crippen LogP contribution in [0.25, 0.3) is 0 Å². The second kappa shape index (κ2) is 6.98. The molecule has 3 rings (SSSR count). The number of fused-ring (bicyclic) bond motifs is 1. The fourth-order valence-corrected chi connectivity index (χ4v) is 2.74. The van der Waals surface area contributed by atoms with Gasteiger partial charge in [0.15, 0.2) is 11.5 Å². The first-order valence-electron chi connectivity index (χ1n) is 7.53. The molecule has 0 radical (unpaired) electrons. The number of ether oxygens (including phenoxy) is 2. The third kappa shape index (κ3) is 3.66. The van der Waals surface area contributed by atoms with E-state index < -0.39 is 10.8 Å². The van der Waals surface area contributed by atoms with Gasteiger partial charge in [-0.2, -0.15) is 0 Å². The van der Waals surface area contributed by atoms with Crippen LogP contribution in [0.2, 0.25) is 5.02 Å². The quantitative estimate of drug-likeness (QED) is 0.615. The number of nitro groups is 1. The number of amides is 1. The summed E-state index contributed by atoms with van der Waals surface area (Å²) in [5, 5.41) is 11.4. The Kier molecular flexibility index (Phi) is 4.76. The van der Waals surface area contributed by atoms with Crippen LogP contribution < -0.4 is 9.47 Å². The van der Waals surface area contributed by atoms with Gasteiger partial charge in [-0.25, -0.2) is 0 Å². The minimum Gasteiger partial charge on any atom is -0.486 e. The molecular weight excluding hydrogens is 348 g/mol. The molecule has 2 aromatic carbocycles. The van der Waals surface area contributed by atoms with Crippen molar-refractivity contribution in [2.45, 2.75) is 6.54 Å². The van der Waals surface area contributed by atoms with Crippen molar-refractivity contribution in [2.75, 3.05) is 20.3 Å². The van der Waals surface area contributed by atoms with Crippen molar-refractivity contribution in [3.8, 4) is 11.5 Å². The van der Waals surface area contributed by atoms with Gasteiger partial charge in [0, 0.05) is 24.7 Å². The first kappa shape index (κ1) is 17.0. The molecule has 25 heavy (non-hydrogen) atoms. The third-order valence-electron chi connectivity index (χ3n) is 3.76. The topological polar surface area (TPSA) is 81.9 Å². The highest BCUT2D eigenvalue weighted by Gasteiger charge is 2.23. The first-order chi connectivity index (χ1) is 12.0. The van der Waals surface area contributed by atoms with Gasteiger partial charge >= 0.3 is 0 Å². The summed E-state index contributed by atoms with van der Waals surface area (Å²) in [6.45, 7) is 1.25. The van der Waals surface area contributed by atoms with Gasteiger partial charge in [-0.15, -0.1) is 0 Å². The summed E-state index contributed by atoms with van der Waals surface area (Å²) >= 11 is 5.79. The maximum absolute atomic E-state index is 12.6. The van der Waals surface area contributed by atoms with Crippen molar-refractivity contribution in [3.63, 3.8) is 0 Å². The second-order valence-corrected chi connectivity index (χ2v) is 5.99. The summed E-state index contributed by atoms with van der Waals surface area (Å²) in [7, 11) is 1.58. The largest absolute Gasteiger partial charge is 0.486 e. The van der Waals surface area contributed by atoms with Crippen LogP contribution in [-0.2, 0) is 6.54 Å². The smallest absolute Gasteiger partial charge is 0.283 e. The van der Waals surface area contributed by atoms with Crippen molar-refractivity contribution in [1.82, 2.24) is 4.90 Å². The predicted molar refractivity (Wildman–Crippen MR) is 91.3 cm³/mol. The predicted octanol–water partition coefficient (Wildman–Crippen LogP) is 3.29. The molecule has 0 unspecified atom stereocenters. The molecule has 1 amide bonds. The van der Waals surface area contributed by atoms with Crippen molar-refractivity contribution in [3.05, 3.63) is 62.7 Å². The Morgan fingerprint density at radius 2 is 1.92 bits per heavy atom. The maximum Gasteiger partial charge on any atom is 0.283 e. The van der Waals surface area contributed by atoms with Gasteiger partial charge in [0.25, 0.3) is 11.6 Å². The van der Waals surface area contributed by atoms with E-state index in [-0.39, 0.29) is 22.8 Å². The van der Waals surface area contributed by atoms with E-state index in [1.807, 2.05) is 6.07 Å². The number of carbonyl (C=O) groups excluding carboxylic acids is 1. The molecule has 0 atom stereocenters. The van der Waals surface area contributed by atoms with Crippen LogP contribution >= 0.6 is 11.6 Å². The Morgan fingerprint density at radius 1 is 1.20 bits per heavy atom. The van der Waals surface area contributed by atoms with Gasteiger partial charge in [-0.1, -0.05) is 17.7 Å². The Labute approximate surface area is 148 Å². The fourth-order valence-electron chi connectivity index (χ4n) is 2.57. The number of halogens is 1. The zero-order chi connectivity index (χ0) is 18.0. The molecule has 2 aromatic rings. The molecule has 130 valence electrons. The van der Waals surface area contributed by atoms with E-state index in [9.17, 15) is 14.9 Å². The number of carbonyl (C=O) groups is 1. The Morgan fingerprint density at radius 3 is 2.64 bits per heavy atom. The summed E-state index contributed by atoms with van der Waals surface area (Å²) in [5.74, 6) is 0.831. The lowest BCUT2D eigenvalue weighted by Gasteiger charge is -2.21. The molecule has 0 aromatic heterocycles. The second-order valence-electron chi connectivity index (χ2n) is 5.56. The van der Waals surface area contributed by atoms with Gasteiger partial charge < -0.3 is 14.4 Å². The summed E-state index contributed by atoms with van der Waals surface area (Å²) in [4.78, 5) is 24.6. The Bertz CT molecular complexity index is 840. The molecule has 0 aliphatic carbocycles. The number of nitrogens with zero attached hydrogens (tertiary/aromatic N) is 2. The van der Waals surface area contributed by atoms with Gasteiger partial charge in [0.05, 0.1) is 4.92 Å². The molecule has 7 nitrogen and oxygen atoms in total. The third-order valence-corrected chi connectivity index (χ3v) is 4.00. The van der Waals surface area contributed by atoms with Crippen LogP contribution in [0.5, 0.6) is 11.5 Å². The highest BCUT2D eigenvalue weighted by Crippen LogP contribution is 2.31. The summed E-state index contributed by atoms with van der Waals surface area (Å²) < 4.78 is 11.0. The van der Waals surface area contributed by atoms with E-state index in [4.69, 9.17) is 21.1 Å². The molecule has 1 aliphatic heterocycles. The lowest BCUT2D eigenvalue weighted by atomic mass is 10.1. The molecule has 0 spiro atoms. The zero-order valence-corrected chi connectivity index (χ0v) is 14.2. The van der Waals surface area contributed by atoms with E-state index in [1.165, 1.54) is 23.1 Å². The highest BCUT2D eigenvalue weighted by molar-refractivity contribution is 6.31. The molecule has 0 fully saturated rings. The molecule has 0 saturated heterocycles.